The van der Waals surface area contributed by atoms with Crippen molar-refractivity contribution in [2.75, 3.05) is 25.0 Å². The van der Waals surface area contributed by atoms with Gasteiger partial charge >= 0.3 is 6.18 Å². The standard InChI is InChI=1S/C22H25F5N8O/c1-3-29-10-15(18-30-5-4-6-31-18)17(28)19(36)35-12-21(23,24)7-13(2)16(35)11-34-20-32-8-14(9-33-20)22(25,26)27/h4-6,8-10,13,16H,3,7,11-12,28H2,1-2H3,(H,32,33,34)/t13-,16-/m1/s1. The molecule has 1 aliphatic rings. The summed E-state index contributed by atoms with van der Waals surface area (Å²) >= 11 is 0. The highest BCUT2D eigenvalue weighted by Gasteiger charge is 2.46. The van der Waals surface area contributed by atoms with E-state index in [1.165, 1.54) is 18.6 Å². The fraction of sp³-hybridized carbons (Fsp3) is 0.455. The van der Waals surface area contributed by atoms with Gasteiger partial charge in [0, 0.05) is 50.5 Å². The molecule has 1 amide bonds. The van der Waals surface area contributed by atoms with E-state index in [0.717, 1.165) is 4.90 Å². The second-order valence-corrected chi connectivity index (χ2v) is 8.24. The van der Waals surface area contributed by atoms with E-state index < -0.39 is 48.5 Å². The third kappa shape index (κ3) is 6.49. The number of nitrogens with one attached hydrogen (secondary N) is 1. The monoisotopic (exact) mass is 512 g/mol. The van der Waals surface area contributed by atoms with Gasteiger partial charge in [-0.3, -0.25) is 9.79 Å². The number of rotatable bonds is 7. The number of hydrogen-bond acceptors (Lipinski definition) is 8. The number of aromatic nitrogens is 4. The van der Waals surface area contributed by atoms with Crippen LogP contribution in [0.25, 0.3) is 5.57 Å². The van der Waals surface area contributed by atoms with Crippen molar-refractivity contribution in [3.05, 3.63) is 47.9 Å². The molecule has 1 aliphatic heterocycles. The summed E-state index contributed by atoms with van der Waals surface area (Å²) in [7, 11) is 0. The molecule has 1 fully saturated rings. The summed E-state index contributed by atoms with van der Waals surface area (Å²) in [6, 6.07) is 0.774. The first-order valence-corrected chi connectivity index (χ1v) is 11.0. The lowest BCUT2D eigenvalue weighted by molar-refractivity contribution is -0.148. The van der Waals surface area contributed by atoms with Crippen LogP contribution in [0.15, 0.2) is 41.5 Å². The molecule has 2 aromatic heterocycles. The van der Waals surface area contributed by atoms with Crippen LogP contribution in [0.1, 0.15) is 31.7 Å². The smallest absolute Gasteiger partial charge is 0.394 e. The Kier molecular flexibility index (Phi) is 8.15. The third-order valence-corrected chi connectivity index (χ3v) is 5.52. The van der Waals surface area contributed by atoms with Crippen LogP contribution in [0.3, 0.4) is 0 Å². The molecule has 0 saturated carbocycles. The van der Waals surface area contributed by atoms with Crippen LogP contribution in [-0.2, 0) is 11.0 Å². The number of nitrogens with two attached hydrogens (primary N) is 1. The number of carbonyl (C=O) groups excluding carboxylic acids is 1. The Morgan fingerprint density at radius 1 is 1.25 bits per heavy atom. The molecular weight excluding hydrogens is 487 g/mol. The van der Waals surface area contributed by atoms with Gasteiger partial charge in [0.15, 0.2) is 5.82 Å². The van der Waals surface area contributed by atoms with Crippen molar-refractivity contribution < 1.29 is 26.7 Å². The highest BCUT2D eigenvalue weighted by atomic mass is 19.4. The quantitative estimate of drug-likeness (QED) is 0.332. The number of piperidine rings is 1. The molecule has 1 saturated heterocycles. The molecule has 3 rings (SSSR count). The Labute approximate surface area is 203 Å². The maximum Gasteiger partial charge on any atom is 0.419 e. The molecule has 194 valence electrons. The zero-order valence-electron chi connectivity index (χ0n) is 19.5. The molecule has 0 unspecified atom stereocenters. The minimum absolute atomic E-state index is 0.0850. The van der Waals surface area contributed by atoms with E-state index in [1.807, 2.05) is 0 Å². The van der Waals surface area contributed by atoms with E-state index in [9.17, 15) is 26.7 Å². The highest BCUT2D eigenvalue weighted by molar-refractivity contribution is 6.17. The molecule has 0 bridgehead atoms. The van der Waals surface area contributed by atoms with Crippen molar-refractivity contribution in [1.82, 2.24) is 24.8 Å². The Morgan fingerprint density at radius 2 is 1.89 bits per heavy atom. The molecule has 36 heavy (non-hydrogen) atoms. The van der Waals surface area contributed by atoms with Crippen molar-refractivity contribution in [3.8, 4) is 0 Å². The molecule has 9 nitrogen and oxygen atoms in total. The maximum absolute atomic E-state index is 14.5. The summed E-state index contributed by atoms with van der Waals surface area (Å²) in [6.45, 7) is 2.69. The Morgan fingerprint density at radius 3 is 2.47 bits per heavy atom. The van der Waals surface area contributed by atoms with Crippen LogP contribution >= 0.6 is 0 Å². The van der Waals surface area contributed by atoms with Crippen LogP contribution in [-0.4, -0.2) is 68.6 Å². The predicted molar refractivity (Wildman–Crippen MR) is 122 cm³/mol. The Hall–Kier alpha value is -3.71. The summed E-state index contributed by atoms with van der Waals surface area (Å²) in [5, 5.41) is 2.73. The second kappa shape index (κ2) is 10.9. The van der Waals surface area contributed by atoms with Gasteiger partial charge < -0.3 is 16.0 Å². The van der Waals surface area contributed by atoms with Gasteiger partial charge in [0.1, 0.15) is 5.70 Å². The molecule has 0 spiro atoms. The van der Waals surface area contributed by atoms with Crippen LogP contribution in [0.4, 0.5) is 27.9 Å². The van der Waals surface area contributed by atoms with Gasteiger partial charge in [-0.25, -0.2) is 28.7 Å². The fourth-order valence-electron chi connectivity index (χ4n) is 3.78. The minimum Gasteiger partial charge on any atom is -0.394 e. The molecule has 0 aromatic carbocycles. The van der Waals surface area contributed by atoms with E-state index >= 15 is 0 Å². The maximum atomic E-state index is 14.5. The van der Waals surface area contributed by atoms with Gasteiger partial charge in [0.2, 0.25) is 5.95 Å². The van der Waals surface area contributed by atoms with E-state index in [2.05, 4.69) is 30.2 Å². The molecule has 14 heteroatoms. The number of aliphatic imine (C=N–C) groups is 1. The number of alkyl halides is 5. The SMILES string of the molecule is CCN=CC(=C(N)C(=O)N1CC(F)(F)C[C@@H](C)[C@H]1CNc1ncc(C(F)(F)F)cn1)c1ncccn1. The number of amides is 1. The minimum atomic E-state index is -4.60. The van der Waals surface area contributed by atoms with Gasteiger partial charge in [0.05, 0.1) is 23.7 Å². The van der Waals surface area contributed by atoms with Crippen molar-refractivity contribution in [2.45, 2.75) is 38.4 Å². The number of likely N-dealkylation sites (tertiary alicyclic amines) is 1. The normalized spacial score (nSPS) is 20.8. The van der Waals surface area contributed by atoms with Crippen LogP contribution < -0.4 is 11.1 Å². The summed E-state index contributed by atoms with van der Waals surface area (Å²) in [4.78, 5) is 33.8. The molecule has 2 atom stereocenters. The number of allylic oxidation sites excluding steroid dienone is 1. The fourth-order valence-corrected chi connectivity index (χ4v) is 3.78. The zero-order chi connectivity index (χ0) is 26.5. The molecule has 0 aliphatic carbocycles. The van der Waals surface area contributed by atoms with Gasteiger partial charge in [-0.05, 0) is 18.9 Å². The van der Waals surface area contributed by atoms with E-state index in [4.69, 9.17) is 5.73 Å². The summed E-state index contributed by atoms with van der Waals surface area (Å²) in [5.41, 5.74) is 4.84. The number of nitrogens with zero attached hydrogens (tertiary/aromatic N) is 6. The number of anilines is 1. The number of carbonyl (C=O) groups is 1. The summed E-state index contributed by atoms with van der Waals surface area (Å²) in [5.74, 6) is -4.76. The molecular formula is C22H25F5N8O. The van der Waals surface area contributed by atoms with Crippen molar-refractivity contribution in [2.24, 2.45) is 16.6 Å². The average Bonchev–Trinajstić information content (AvgIpc) is 2.82. The lowest BCUT2D eigenvalue weighted by Gasteiger charge is -2.43. The van der Waals surface area contributed by atoms with Crippen molar-refractivity contribution >= 4 is 23.6 Å². The summed E-state index contributed by atoms with van der Waals surface area (Å²) < 4.78 is 67.2. The molecule has 0 radical (unpaired) electrons. The summed E-state index contributed by atoms with van der Waals surface area (Å²) in [6.07, 6.45) is 0.315. The zero-order valence-corrected chi connectivity index (χ0v) is 19.5. The van der Waals surface area contributed by atoms with Gasteiger partial charge in [0.25, 0.3) is 11.8 Å². The third-order valence-electron chi connectivity index (χ3n) is 5.52. The largest absolute Gasteiger partial charge is 0.419 e. The lowest BCUT2D eigenvalue weighted by Crippen LogP contribution is -2.58. The molecule has 3 N–H and O–H groups in total. The highest BCUT2D eigenvalue weighted by Crippen LogP contribution is 2.35. The first-order chi connectivity index (χ1) is 16.9. The predicted octanol–water partition coefficient (Wildman–Crippen LogP) is 3.03. The van der Waals surface area contributed by atoms with Gasteiger partial charge in [-0.15, -0.1) is 0 Å². The van der Waals surface area contributed by atoms with E-state index in [-0.39, 0.29) is 29.6 Å². The Balaban J connectivity index is 1.89. The molecule has 3 heterocycles. The van der Waals surface area contributed by atoms with Crippen LogP contribution in [0, 0.1) is 5.92 Å². The van der Waals surface area contributed by atoms with Crippen molar-refractivity contribution in [1.29, 1.82) is 0 Å². The average molecular weight is 512 g/mol. The number of halogens is 5. The van der Waals surface area contributed by atoms with Crippen molar-refractivity contribution in [3.63, 3.8) is 0 Å². The van der Waals surface area contributed by atoms with Gasteiger partial charge in [-0.1, -0.05) is 6.92 Å². The van der Waals surface area contributed by atoms with Crippen LogP contribution in [0.2, 0.25) is 0 Å². The second-order valence-electron chi connectivity index (χ2n) is 8.24. The Bertz CT molecular complexity index is 1110. The van der Waals surface area contributed by atoms with E-state index in [0.29, 0.717) is 18.9 Å². The van der Waals surface area contributed by atoms with E-state index in [1.54, 1.807) is 19.9 Å². The van der Waals surface area contributed by atoms with Crippen LogP contribution in [0.5, 0.6) is 0 Å². The first-order valence-electron chi connectivity index (χ1n) is 11.0. The number of hydrogen-bond donors (Lipinski definition) is 2. The lowest BCUT2D eigenvalue weighted by atomic mass is 9.88. The first kappa shape index (κ1) is 26.9. The topological polar surface area (TPSA) is 122 Å². The molecule has 2 aromatic rings. The van der Waals surface area contributed by atoms with Gasteiger partial charge in [-0.2, -0.15) is 13.2 Å².